The quantitative estimate of drug-likeness (QED) is 0.338. The fraction of sp³-hybridized carbons (Fsp3) is 0.464. The number of aliphatic hydroxyl groups is 1. The Hall–Kier alpha value is -2.77. The molecule has 2 aliphatic heterocycles. The minimum absolute atomic E-state index is 0.111. The normalized spacial score (nSPS) is 19.3. The summed E-state index contributed by atoms with van der Waals surface area (Å²) in [5.41, 5.74) is 2.45. The van der Waals surface area contributed by atoms with Gasteiger partial charge in [0.2, 0.25) is 0 Å². The number of rotatable bonds is 4. The number of ether oxygens (including phenoxy) is 1. The third-order valence-electron chi connectivity index (χ3n) is 7.77. The Morgan fingerprint density at radius 1 is 1.17 bits per heavy atom. The van der Waals surface area contributed by atoms with Gasteiger partial charge >= 0.3 is 5.97 Å². The molecular weight excluding hydrogens is 456 g/mol. The van der Waals surface area contributed by atoms with Gasteiger partial charge in [-0.3, -0.25) is 4.79 Å². The first-order valence-corrected chi connectivity index (χ1v) is 15.7. The minimum Gasteiger partial charge on any atom is -0.458 e. The van der Waals surface area contributed by atoms with Crippen molar-refractivity contribution in [3.8, 4) is 11.4 Å². The average molecular weight is 491 g/mol. The zero-order chi connectivity index (χ0) is 25.3. The van der Waals surface area contributed by atoms with Crippen molar-refractivity contribution in [1.29, 1.82) is 0 Å². The highest BCUT2D eigenvalue weighted by Crippen LogP contribution is 2.39. The number of fused-ring (bicyclic) bond motifs is 5. The second-order valence-corrected chi connectivity index (χ2v) is 16.6. The number of carbonyl (C=O) groups is 1. The van der Waals surface area contributed by atoms with Crippen LogP contribution in [0.2, 0.25) is 19.1 Å². The van der Waals surface area contributed by atoms with E-state index in [1.54, 1.807) is 11.5 Å². The van der Waals surface area contributed by atoms with Crippen molar-refractivity contribution >= 4 is 30.1 Å². The SMILES string of the molecule is CC[C@@]1(O)C(=O)OCc2c1cc1n(c2=O)Cc2c-1nc1ccccc1c2[Si](C)(C)CCC(C)(C)C. The van der Waals surface area contributed by atoms with E-state index in [0.29, 0.717) is 23.4 Å². The molecule has 7 heteroatoms. The van der Waals surface area contributed by atoms with Crippen LogP contribution in [0.1, 0.15) is 57.2 Å². The monoisotopic (exact) mass is 490 g/mol. The smallest absolute Gasteiger partial charge is 0.343 e. The lowest BCUT2D eigenvalue weighted by Gasteiger charge is -2.31. The number of para-hydroxylation sites is 1. The number of carbonyl (C=O) groups excluding carboxylic acids is 1. The summed E-state index contributed by atoms with van der Waals surface area (Å²) >= 11 is 0. The molecule has 184 valence electrons. The summed E-state index contributed by atoms with van der Waals surface area (Å²) in [6.07, 6.45) is 1.26. The number of cyclic esters (lactones) is 1. The van der Waals surface area contributed by atoms with Crippen molar-refractivity contribution in [1.82, 2.24) is 9.55 Å². The van der Waals surface area contributed by atoms with E-state index in [1.807, 2.05) is 18.2 Å². The molecule has 0 aliphatic carbocycles. The predicted octanol–water partition coefficient (Wildman–Crippen LogP) is 4.43. The summed E-state index contributed by atoms with van der Waals surface area (Å²) < 4.78 is 6.97. The number of hydrogen-bond acceptors (Lipinski definition) is 5. The van der Waals surface area contributed by atoms with Gasteiger partial charge in [-0.15, -0.1) is 0 Å². The third-order valence-corrected chi connectivity index (χ3v) is 11.2. The highest BCUT2D eigenvalue weighted by atomic mass is 28.3. The fourth-order valence-corrected chi connectivity index (χ4v) is 9.19. The van der Waals surface area contributed by atoms with Crippen LogP contribution in [-0.2, 0) is 28.3 Å². The van der Waals surface area contributed by atoms with Crippen molar-refractivity contribution in [3.05, 3.63) is 57.4 Å². The molecule has 0 saturated carbocycles. The summed E-state index contributed by atoms with van der Waals surface area (Å²) in [6.45, 7) is 13.7. The van der Waals surface area contributed by atoms with Crippen molar-refractivity contribution in [3.63, 3.8) is 0 Å². The molecule has 0 amide bonds. The van der Waals surface area contributed by atoms with E-state index in [9.17, 15) is 14.7 Å². The summed E-state index contributed by atoms with van der Waals surface area (Å²) in [7, 11) is -1.93. The van der Waals surface area contributed by atoms with Crippen LogP contribution in [0.15, 0.2) is 35.1 Å². The molecule has 2 aromatic heterocycles. The second-order valence-electron chi connectivity index (χ2n) is 11.9. The summed E-state index contributed by atoms with van der Waals surface area (Å²) in [6, 6.07) is 11.2. The maximum absolute atomic E-state index is 13.6. The lowest BCUT2D eigenvalue weighted by molar-refractivity contribution is -0.172. The molecule has 0 unspecified atom stereocenters. The fourth-order valence-electron chi connectivity index (χ4n) is 5.61. The number of esters is 1. The molecule has 0 spiro atoms. The predicted molar refractivity (Wildman–Crippen MR) is 141 cm³/mol. The van der Waals surface area contributed by atoms with Gasteiger partial charge in [0.25, 0.3) is 5.56 Å². The van der Waals surface area contributed by atoms with Crippen molar-refractivity contribution in [2.45, 2.75) is 78.4 Å². The van der Waals surface area contributed by atoms with Gasteiger partial charge in [-0.25, -0.2) is 9.78 Å². The largest absolute Gasteiger partial charge is 0.458 e. The zero-order valence-electron chi connectivity index (χ0n) is 21.5. The van der Waals surface area contributed by atoms with Crippen molar-refractivity contribution in [2.75, 3.05) is 0 Å². The summed E-state index contributed by atoms with van der Waals surface area (Å²) in [4.78, 5) is 31.2. The Morgan fingerprint density at radius 3 is 2.57 bits per heavy atom. The molecule has 1 atom stereocenters. The number of hydrogen-bond donors (Lipinski definition) is 1. The molecule has 0 bridgehead atoms. The van der Waals surface area contributed by atoms with E-state index in [1.165, 1.54) is 10.6 Å². The van der Waals surface area contributed by atoms with Gasteiger partial charge in [0, 0.05) is 5.56 Å². The van der Waals surface area contributed by atoms with Crippen LogP contribution in [0.3, 0.4) is 0 Å². The molecule has 4 heterocycles. The molecule has 1 aromatic carbocycles. The van der Waals surface area contributed by atoms with Crippen LogP contribution >= 0.6 is 0 Å². The molecule has 35 heavy (non-hydrogen) atoms. The molecule has 0 saturated heterocycles. The van der Waals surface area contributed by atoms with Gasteiger partial charge in [-0.05, 0) is 40.1 Å². The van der Waals surface area contributed by atoms with E-state index in [4.69, 9.17) is 9.72 Å². The Bertz CT molecular complexity index is 1430. The first kappa shape index (κ1) is 23.9. The molecular formula is C28H34N2O4Si. The maximum Gasteiger partial charge on any atom is 0.343 e. The maximum atomic E-state index is 13.6. The van der Waals surface area contributed by atoms with Gasteiger partial charge in [0.05, 0.1) is 37.1 Å². The van der Waals surface area contributed by atoms with Gasteiger partial charge in [-0.1, -0.05) is 71.5 Å². The summed E-state index contributed by atoms with van der Waals surface area (Å²) in [5, 5.41) is 13.7. The highest BCUT2D eigenvalue weighted by molar-refractivity contribution is 6.91. The van der Waals surface area contributed by atoms with Crippen LogP contribution in [0.4, 0.5) is 0 Å². The van der Waals surface area contributed by atoms with E-state index < -0.39 is 19.6 Å². The Kier molecular flexibility index (Phi) is 5.38. The van der Waals surface area contributed by atoms with Crippen LogP contribution in [-0.4, -0.2) is 28.7 Å². The van der Waals surface area contributed by atoms with Crippen molar-refractivity contribution < 1.29 is 14.6 Å². The third kappa shape index (κ3) is 3.67. The number of nitrogens with zero attached hydrogens (tertiary/aromatic N) is 2. The van der Waals surface area contributed by atoms with Crippen LogP contribution in [0.25, 0.3) is 22.3 Å². The first-order chi connectivity index (χ1) is 16.4. The first-order valence-electron chi connectivity index (χ1n) is 12.5. The van der Waals surface area contributed by atoms with E-state index in [0.717, 1.165) is 29.2 Å². The Morgan fingerprint density at radius 2 is 1.89 bits per heavy atom. The molecule has 3 aromatic rings. The molecule has 0 radical (unpaired) electrons. The average Bonchev–Trinajstić information content (AvgIpc) is 3.17. The second kappa shape index (κ2) is 7.87. The Balaban J connectivity index is 1.77. The lowest BCUT2D eigenvalue weighted by Crippen LogP contribution is -2.45. The molecule has 1 N–H and O–H groups in total. The summed E-state index contributed by atoms with van der Waals surface area (Å²) in [5.74, 6) is -0.696. The van der Waals surface area contributed by atoms with Crippen molar-refractivity contribution in [2.24, 2.45) is 5.41 Å². The standard InChI is InChI=1S/C28H34N2O4Si/c1-7-28(33)20-14-22-23-18(15-30(22)25(31)19(20)16-34-26(28)32)24(17-10-8-9-11-21(17)29-23)35(5,6)13-12-27(2,3)4/h8-11,14,33H,7,12-13,15-16H2,1-6H3/t28-/m0/s1. The lowest BCUT2D eigenvalue weighted by atomic mass is 9.86. The van der Waals surface area contributed by atoms with Gasteiger partial charge in [0.15, 0.2) is 5.60 Å². The molecule has 5 rings (SSSR count). The van der Waals surface area contributed by atoms with Crippen LogP contribution < -0.4 is 10.7 Å². The molecule has 0 fully saturated rings. The van der Waals surface area contributed by atoms with Gasteiger partial charge in [-0.2, -0.15) is 0 Å². The number of pyridine rings is 2. The van der Waals surface area contributed by atoms with E-state index >= 15 is 0 Å². The zero-order valence-corrected chi connectivity index (χ0v) is 22.5. The number of aromatic nitrogens is 2. The van der Waals surface area contributed by atoms with Gasteiger partial charge < -0.3 is 14.4 Å². The number of benzene rings is 1. The van der Waals surface area contributed by atoms with Gasteiger partial charge in [0.1, 0.15) is 6.61 Å². The molecule has 6 nitrogen and oxygen atoms in total. The molecule has 2 aliphatic rings. The highest BCUT2D eigenvalue weighted by Gasteiger charge is 2.46. The Labute approximate surface area is 207 Å². The minimum atomic E-state index is -1.93. The van der Waals surface area contributed by atoms with Crippen LogP contribution in [0.5, 0.6) is 0 Å². The van der Waals surface area contributed by atoms with Crippen LogP contribution in [0, 0.1) is 5.41 Å². The van der Waals surface area contributed by atoms with E-state index in [-0.39, 0.29) is 24.0 Å². The van der Waals surface area contributed by atoms with E-state index in [2.05, 4.69) is 46.0 Å². The topological polar surface area (TPSA) is 81.4 Å².